The third-order valence-electron chi connectivity index (χ3n) is 4.72. The Bertz CT molecular complexity index is 700. The molecule has 0 saturated carbocycles. The van der Waals surface area contributed by atoms with Gasteiger partial charge < -0.3 is 14.4 Å². The van der Waals surface area contributed by atoms with Crippen molar-refractivity contribution in [1.82, 2.24) is 4.90 Å². The molecule has 138 valence electrons. The largest absolute Gasteiger partial charge is 0.493 e. The summed E-state index contributed by atoms with van der Waals surface area (Å²) < 4.78 is 11.7. The van der Waals surface area contributed by atoms with Crippen LogP contribution in [0.25, 0.3) is 0 Å². The third kappa shape index (κ3) is 4.85. The summed E-state index contributed by atoms with van der Waals surface area (Å²) >= 11 is 0. The lowest BCUT2D eigenvalue weighted by Gasteiger charge is -2.45. The zero-order valence-electron chi connectivity index (χ0n) is 15.6. The Morgan fingerprint density at radius 3 is 2.46 bits per heavy atom. The summed E-state index contributed by atoms with van der Waals surface area (Å²) in [7, 11) is 0. The van der Waals surface area contributed by atoms with Crippen LogP contribution in [-0.2, 0) is 16.0 Å². The van der Waals surface area contributed by atoms with Crippen LogP contribution in [-0.4, -0.2) is 42.2 Å². The molecular formula is C22H27NO3. The molecule has 0 bridgehead atoms. The minimum absolute atomic E-state index is 0.0319. The van der Waals surface area contributed by atoms with E-state index in [4.69, 9.17) is 9.47 Å². The molecule has 0 aromatic heterocycles. The van der Waals surface area contributed by atoms with E-state index in [0.29, 0.717) is 26.2 Å². The van der Waals surface area contributed by atoms with E-state index in [-0.39, 0.29) is 17.6 Å². The quantitative estimate of drug-likeness (QED) is 0.795. The Morgan fingerprint density at radius 2 is 1.77 bits per heavy atom. The second-order valence-electron chi connectivity index (χ2n) is 7.35. The van der Waals surface area contributed by atoms with Gasteiger partial charge in [-0.05, 0) is 31.5 Å². The van der Waals surface area contributed by atoms with Crippen LogP contribution in [0.2, 0.25) is 0 Å². The highest BCUT2D eigenvalue weighted by molar-refractivity contribution is 5.77. The van der Waals surface area contributed by atoms with Gasteiger partial charge >= 0.3 is 0 Å². The van der Waals surface area contributed by atoms with Gasteiger partial charge in [0, 0.05) is 13.0 Å². The van der Waals surface area contributed by atoms with Crippen molar-refractivity contribution in [3.8, 4) is 5.75 Å². The fourth-order valence-electron chi connectivity index (χ4n) is 3.25. The number of ether oxygens (including phenoxy) is 2. The Labute approximate surface area is 155 Å². The Hall–Kier alpha value is -2.33. The van der Waals surface area contributed by atoms with Crippen LogP contribution in [0.1, 0.15) is 25.8 Å². The number of hydrogen-bond acceptors (Lipinski definition) is 3. The Morgan fingerprint density at radius 1 is 1.12 bits per heavy atom. The van der Waals surface area contributed by atoms with E-state index in [1.807, 2.05) is 53.4 Å². The Kier molecular flexibility index (Phi) is 5.94. The molecule has 4 nitrogen and oxygen atoms in total. The van der Waals surface area contributed by atoms with Crippen LogP contribution in [0.3, 0.4) is 0 Å². The highest BCUT2D eigenvalue weighted by Crippen LogP contribution is 2.25. The van der Waals surface area contributed by atoms with E-state index >= 15 is 0 Å². The van der Waals surface area contributed by atoms with Crippen LogP contribution in [0.4, 0.5) is 0 Å². The van der Waals surface area contributed by atoms with E-state index < -0.39 is 0 Å². The van der Waals surface area contributed by atoms with E-state index in [9.17, 15) is 4.79 Å². The maximum atomic E-state index is 12.8. The van der Waals surface area contributed by atoms with Gasteiger partial charge in [0.15, 0.2) is 0 Å². The van der Waals surface area contributed by atoms with Crippen molar-refractivity contribution in [1.29, 1.82) is 0 Å². The SMILES string of the molecule is CC1(C)COC(Cc2ccccc2)CN1C(=O)CCOc1ccccc1. The van der Waals surface area contributed by atoms with Crippen molar-refractivity contribution in [3.63, 3.8) is 0 Å². The fraction of sp³-hybridized carbons (Fsp3) is 0.409. The number of carbonyl (C=O) groups excluding carboxylic acids is 1. The molecule has 26 heavy (non-hydrogen) atoms. The number of amides is 1. The standard InChI is InChI=1S/C22H27NO3/c1-22(2)17-26-20(15-18-9-5-3-6-10-18)16-23(22)21(24)13-14-25-19-11-7-4-8-12-19/h3-12,20H,13-17H2,1-2H3. The number of para-hydroxylation sites is 1. The summed E-state index contributed by atoms with van der Waals surface area (Å²) in [5.74, 6) is 0.913. The first-order valence-electron chi connectivity index (χ1n) is 9.18. The highest BCUT2D eigenvalue weighted by Gasteiger charge is 2.37. The van der Waals surface area contributed by atoms with Crippen LogP contribution in [0, 0.1) is 0 Å². The summed E-state index contributed by atoms with van der Waals surface area (Å²) in [5, 5.41) is 0. The van der Waals surface area contributed by atoms with Crippen molar-refractivity contribution < 1.29 is 14.3 Å². The van der Waals surface area contributed by atoms with Crippen molar-refractivity contribution in [3.05, 3.63) is 66.2 Å². The average molecular weight is 353 g/mol. The van der Waals surface area contributed by atoms with Gasteiger partial charge in [0.25, 0.3) is 0 Å². The predicted octanol–water partition coefficient (Wildman–Crippen LogP) is 3.70. The zero-order chi connectivity index (χ0) is 18.4. The molecular weight excluding hydrogens is 326 g/mol. The number of morpholine rings is 1. The van der Waals surface area contributed by atoms with Crippen molar-refractivity contribution in [2.75, 3.05) is 19.8 Å². The number of carbonyl (C=O) groups is 1. The summed E-state index contributed by atoms with van der Waals surface area (Å²) in [5.41, 5.74) is 0.939. The number of nitrogens with zero attached hydrogens (tertiary/aromatic N) is 1. The molecule has 1 aliphatic rings. The van der Waals surface area contributed by atoms with Gasteiger partial charge in [0.2, 0.25) is 5.91 Å². The first-order valence-corrected chi connectivity index (χ1v) is 9.18. The molecule has 1 aliphatic heterocycles. The summed E-state index contributed by atoms with van der Waals surface area (Å²) in [6.45, 7) is 5.67. The van der Waals surface area contributed by atoms with Gasteiger partial charge in [-0.1, -0.05) is 48.5 Å². The van der Waals surface area contributed by atoms with Gasteiger partial charge in [-0.25, -0.2) is 0 Å². The van der Waals surface area contributed by atoms with Crippen molar-refractivity contribution in [2.45, 2.75) is 38.3 Å². The molecule has 0 spiro atoms. The Balaban J connectivity index is 1.55. The van der Waals surface area contributed by atoms with Crippen LogP contribution in [0.5, 0.6) is 5.75 Å². The molecule has 3 rings (SSSR count). The van der Waals surface area contributed by atoms with E-state index in [1.165, 1.54) is 5.56 Å². The second-order valence-corrected chi connectivity index (χ2v) is 7.35. The van der Waals surface area contributed by atoms with E-state index in [0.717, 1.165) is 12.2 Å². The summed E-state index contributed by atoms with van der Waals surface area (Å²) in [6, 6.07) is 19.9. The first kappa shape index (κ1) is 18.5. The molecule has 1 fully saturated rings. The molecule has 0 aliphatic carbocycles. The fourth-order valence-corrected chi connectivity index (χ4v) is 3.25. The molecule has 1 heterocycles. The van der Waals surface area contributed by atoms with Crippen molar-refractivity contribution >= 4 is 5.91 Å². The highest BCUT2D eigenvalue weighted by atomic mass is 16.5. The molecule has 0 N–H and O–H groups in total. The van der Waals surface area contributed by atoms with Gasteiger partial charge in [-0.15, -0.1) is 0 Å². The maximum Gasteiger partial charge on any atom is 0.226 e. The molecule has 1 saturated heterocycles. The van der Waals surface area contributed by atoms with Crippen molar-refractivity contribution in [2.24, 2.45) is 0 Å². The zero-order valence-corrected chi connectivity index (χ0v) is 15.6. The summed E-state index contributed by atoms with van der Waals surface area (Å²) in [4.78, 5) is 14.7. The van der Waals surface area contributed by atoms with E-state index in [1.54, 1.807) is 0 Å². The molecule has 2 aromatic rings. The normalized spacial score (nSPS) is 19.2. The molecule has 1 unspecified atom stereocenters. The van der Waals surface area contributed by atoms with Crippen LogP contribution >= 0.6 is 0 Å². The van der Waals surface area contributed by atoms with Gasteiger partial charge in [0.05, 0.1) is 31.3 Å². The average Bonchev–Trinajstić information content (AvgIpc) is 2.65. The number of rotatable bonds is 6. The first-order chi connectivity index (χ1) is 12.5. The smallest absolute Gasteiger partial charge is 0.226 e. The lowest BCUT2D eigenvalue weighted by Crippen LogP contribution is -2.58. The monoisotopic (exact) mass is 353 g/mol. The van der Waals surface area contributed by atoms with Crippen LogP contribution in [0.15, 0.2) is 60.7 Å². The third-order valence-corrected chi connectivity index (χ3v) is 4.72. The van der Waals surface area contributed by atoms with Crippen LogP contribution < -0.4 is 4.74 Å². The molecule has 1 atom stereocenters. The van der Waals surface area contributed by atoms with Gasteiger partial charge in [-0.2, -0.15) is 0 Å². The molecule has 2 aromatic carbocycles. The lowest BCUT2D eigenvalue weighted by molar-refractivity contribution is -0.154. The van der Waals surface area contributed by atoms with Gasteiger partial charge in [0.1, 0.15) is 5.75 Å². The predicted molar refractivity (Wildman–Crippen MR) is 102 cm³/mol. The lowest BCUT2D eigenvalue weighted by atomic mass is 9.97. The number of benzene rings is 2. The number of hydrogen-bond donors (Lipinski definition) is 0. The van der Waals surface area contributed by atoms with E-state index in [2.05, 4.69) is 26.0 Å². The van der Waals surface area contributed by atoms with Gasteiger partial charge in [-0.3, -0.25) is 4.79 Å². The second kappa shape index (κ2) is 8.37. The molecule has 1 amide bonds. The maximum absolute atomic E-state index is 12.8. The minimum atomic E-state index is -0.295. The molecule has 4 heteroatoms. The summed E-state index contributed by atoms with van der Waals surface area (Å²) in [6.07, 6.45) is 1.22. The minimum Gasteiger partial charge on any atom is -0.493 e. The topological polar surface area (TPSA) is 38.8 Å². The molecule has 0 radical (unpaired) electrons.